The van der Waals surface area contributed by atoms with Gasteiger partial charge in [-0.05, 0) is 31.7 Å². The van der Waals surface area contributed by atoms with Crippen molar-refractivity contribution in [3.63, 3.8) is 0 Å². The minimum atomic E-state index is 0.156. The van der Waals surface area contributed by atoms with Crippen LogP contribution in [0.25, 0.3) is 0 Å². The molecule has 0 radical (unpaired) electrons. The van der Waals surface area contributed by atoms with Gasteiger partial charge in [-0.25, -0.2) is 9.97 Å². The van der Waals surface area contributed by atoms with Crippen LogP contribution < -0.4 is 4.90 Å². The second-order valence-electron chi connectivity index (χ2n) is 5.84. The zero-order valence-corrected chi connectivity index (χ0v) is 14.6. The highest BCUT2D eigenvalue weighted by Crippen LogP contribution is 2.21. The van der Waals surface area contributed by atoms with Gasteiger partial charge in [0.05, 0.1) is 0 Å². The van der Waals surface area contributed by atoms with E-state index in [-0.39, 0.29) is 11.9 Å². The largest absolute Gasteiger partial charge is 0.278 e. The smallest absolute Gasteiger partial charge is 0.232 e. The molecule has 0 unspecified atom stereocenters. The first-order valence-electron chi connectivity index (χ1n) is 8.81. The molecule has 0 bridgehead atoms. The van der Waals surface area contributed by atoms with E-state index in [0.717, 1.165) is 50.6 Å². The van der Waals surface area contributed by atoms with Gasteiger partial charge < -0.3 is 0 Å². The Morgan fingerprint density at radius 1 is 1.09 bits per heavy atom. The number of carbonyl (C=O) groups is 1. The fourth-order valence-electron chi connectivity index (χ4n) is 2.78. The zero-order chi connectivity index (χ0) is 16.4. The molecule has 0 N–H and O–H groups in total. The molecule has 0 atom stereocenters. The number of hydrogen-bond donors (Lipinski definition) is 0. The maximum absolute atomic E-state index is 12.6. The lowest BCUT2D eigenvalue weighted by atomic mass is 10.0. The van der Waals surface area contributed by atoms with E-state index >= 15 is 0 Å². The average molecular weight is 305 g/mol. The molecular weight excluding hydrogens is 274 g/mol. The van der Waals surface area contributed by atoms with E-state index in [1.807, 2.05) is 17.9 Å². The van der Waals surface area contributed by atoms with Crippen LogP contribution >= 0.6 is 0 Å². The maximum atomic E-state index is 12.6. The number of aromatic nitrogens is 2. The zero-order valence-electron chi connectivity index (χ0n) is 14.6. The van der Waals surface area contributed by atoms with Crippen LogP contribution in [0.4, 0.5) is 5.95 Å². The molecule has 0 saturated carbocycles. The summed E-state index contributed by atoms with van der Waals surface area (Å²) < 4.78 is 0. The van der Waals surface area contributed by atoms with Crippen molar-refractivity contribution in [2.24, 2.45) is 0 Å². The molecule has 0 aliphatic rings. The number of amides is 1. The van der Waals surface area contributed by atoms with E-state index in [9.17, 15) is 4.79 Å². The number of rotatable bonds is 10. The van der Waals surface area contributed by atoms with Gasteiger partial charge in [-0.1, -0.05) is 47.0 Å². The highest BCUT2D eigenvalue weighted by molar-refractivity contribution is 5.92. The first kappa shape index (κ1) is 18.6. The van der Waals surface area contributed by atoms with Crippen LogP contribution in [0.1, 0.15) is 78.3 Å². The Kier molecular flexibility index (Phi) is 8.71. The quantitative estimate of drug-likeness (QED) is 0.638. The predicted octanol–water partition coefficient (Wildman–Crippen LogP) is 4.53. The van der Waals surface area contributed by atoms with Crippen LogP contribution in [0.2, 0.25) is 0 Å². The van der Waals surface area contributed by atoms with Gasteiger partial charge in [0.1, 0.15) is 0 Å². The molecule has 22 heavy (non-hydrogen) atoms. The lowest BCUT2D eigenvalue weighted by Gasteiger charge is -2.30. The third kappa shape index (κ3) is 5.39. The number of aryl methyl sites for hydroxylation is 1. The van der Waals surface area contributed by atoms with E-state index in [4.69, 9.17) is 0 Å². The van der Waals surface area contributed by atoms with E-state index in [1.54, 1.807) is 6.20 Å². The molecule has 0 spiro atoms. The molecule has 4 nitrogen and oxygen atoms in total. The van der Waals surface area contributed by atoms with Gasteiger partial charge in [0.25, 0.3) is 0 Å². The summed E-state index contributed by atoms with van der Waals surface area (Å²) in [5.41, 5.74) is 1.02. The molecule has 0 aliphatic heterocycles. The monoisotopic (exact) mass is 305 g/mol. The summed E-state index contributed by atoms with van der Waals surface area (Å²) in [5, 5.41) is 0. The van der Waals surface area contributed by atoms with Crippen molar-refractivity contribution < 1.29 is 4.79 Å². The van der Waals surface area contributed by atoms with Crippen LogP contribution in [0.3, 0.4) is 0 Å². The van der Waals surface area contributed by atoms with Gasteiger partial charge in [-0.2, -0.15) is 0 Å². The van der Waals surface area contributed by atoms with Crippen LogP contribution in [-0.2, 0) is 11.2 Å². The van der Waals surface area contributed by atoms with Crippen LogP contribution in [0.15, 0.2) is 12.3 Å². The lowest BCUT2D eigenvalue weighted by Crippen LogP contribution is -2.41. The highest BCUT2D eigenvalue weighted by Gasteiger charge is 2.25. The number of hydrogen-bond acceptors (Lipinski definition) is 3. The Balaban J connectivity index is 3.12. The first-order valence-corrected chi connectivity index (χ1v) is 8.81. The Morgan fingerprint density at radius 3 is 2.32 bits per heavy atom. The molecule has 0 fully saturated rings. The topological polar surface area (TPSA) is 46.1 Å². The Hall–Kier alpha value is -1.45. The summed E-state index contributed by atoms with van der Waals surface area (Å²) >= 11 is 0. The fraction of sp³-hybridized carbons (Fsp3) is 0.722. The van der Waals surface area contributed by atoms with Crippen molar-refractivity contribution in [3.05, 3.63) is 18.0 Å². The normalized spacial score (nSPS) is 11.0. The minimum Gasteiger partial charge on any atom is -0.278 e. The average Bonchev–Trinajstić information content (AvgIpc) is 2.49. The summed E-state index contributed by atoms with van der Waals surface area (Å²) in [4.78, 5) is 23.6. The molecule has 0 aromatic carbocycles. The molecule has 4 heteroatoms. The van der Waals surface area contributed by atoms with Crippen molar-refractivity contribution in [1.29, 1.82) is 0 Å². The Morgan fingerprint density at radius 2 is 1.77 bits per heavy atom. The summed E-state index contributed by atoms with van der Waals surface area (Å²) in [6, 6.07) is 2.16. The van der Waals surface area contributed by atoms with Crippen molar-refractivity contribution in [3.8, 4) is 0 Å². The third-order valence-electron chi connectivity index (χ3n) is 3.76. The van der Waals surface area contributed by atoms with Gasteiger partial charge in [-0.15, -0.1) is 0 Å². The molecule has 1 rings (SSSR count). The molecule has 0 aliphatic carbocycles. The molecular formula is C18H31N3O. The van der Waals surface area contributed by atoms with E-state index in [2.05, 4.69) is 30.7 Å². The van der Waals surface area contributed by atoms with Crippen molar-refractivity contribution in [2.75, 3.05) is 4.90 Å². The SMILES string of the molecule is CCCC(=O)N(c1nccc(CCC)n1)C(CCC)CCC. The number of anilines is 1. The second-order valence-corrected chi connectivity index (χ2v) is 5.84. The molecule has 124 valence electrons. The van der Waals surface area contributed by atoms with E-state index < -0.39 is 0 Å². The van der Waals surface area contributed by atoms with E-state index in [1.165, 1.54) is 0 Å². The van der Waals surface area contributed by atoms with Crippen LogP contribution in [0.5, 0.6) is 0 Å². The standard InChI is InChI=1S/C18H31N3O/c1-5-9-15-13-14-19-18(20-15)21(17(22)12-8-4)16(10-6-2)11-7-3/h13-14,16H,5-12H2,1-4H3. The van der Waals surface area contributed by atoms with Gasteiger partial charge >= 0.3 is 0 Å². The summed E-state index contributed by atoms with van der Waals surface area (Å²) in [7, 11) is 0. The molecule has 1 aromatic heterocycles. The van der Waals surface area contributed by atoms with Gasteiger partial charge in [0.15, 0.2) is 0 Å². The maximum Gasteiger partial charge on any atom is 0.232 e. The highest BCUT2D eigenvalue weighted by atomic mass is 16.2. The molecule has 1 heterocycles. The van der Waals surface area contributed by atoms with Gasteiger partial charge in [0.2, 0.25) is 11.9 Å². The molecule has 1 aromatic rings. The van der Waals surface area contributed by atoms with E-state index in [0.29, 0.717) is 12.4 Å². The van der Waals surface area contributed by atoms with Crippen LogP contribution in [0, 0.1) is 0 Å². The second kappa shape index (κ2) is 10.3. The van der Waals surface area contributed by atoms with Crippen molar-refractivity contribution in [1.82, 2.24) is 9.97 Å². The first-order chi connectivity index (χ1) is 10.7. The van der Waals surface area contributed by atoms with Crippen LogP contribution in [-0.4, -0.2) is 21.9 Å². The fourth-order valence-corrected chi connectivity index (χ4v) is 2.78. The van der Waals surface area contributed by atoms with Crippen molar-refractivity contribution in [2.45, 2.75) is 85.1 Å². The lowest BCUT2D eigenvalue weighted by molar-refractivity contribution is -0.119. The summed E-state index contributed by atoms with van der Waals surface area (Å²) in [6.45, 7) is 8.51. The number of nitrogens with zero attached hydrogens (tertiary/aromatic N) is 3. The number of carbonyl (C=O) groups excluding carboxylic acids is 1. The van der Waals surface area contributed by atoms with Crippen molar-refractivity contribution >= 4 is 11.9 Å². The molecule has 1 amide bonds. The molecule has 0 saturated heterocycles. The predicted molar refractivity (Wildman–Crippen MR) is 92.0 cm³/mol. The van der Waals surface area contributed by atoms with Gasteiger partial charge in [0, 0.05) is 24.4 Å². The summed E-state index contributed by atoms with van der Waals surface area (Å²) in [6.07, 6.45) is 9.32. The third-order valence-corrected chi connectivity index (χ3v) is 3.76. The Bertz CT molecular complexity index is 442. The summed E-state index contributed by atoms with van der Waals surface area (Å²) in [5.74, 6) is 0.749. The minimum absolute atomic E-state index is 0.156. The van der Waals surface area contributed by atoms with Gasteiger partial charge in [-0.3, -0.25) is 9.69 Å². The Labute approximate surface area is 135 Å².